The van der Waals surface area contributed by atoms with Crippen molar-refractivity contribution in [1.82, 2.24) is 20.2 Å². The first-order valence-electron chi connectivity index (χ1n) is 16.4. The maximum Gasteiger partial charge on any atom is 0.255 e. The molecule has 2 N–H and O–H groups in total. The predicted octanol–water partition coefficient (Wildman–Crippen LogP) is 7.25. The number of rotatable bonds is 10. The number of anilines is 2. The van der Waals surface area contributed by atoms with Crippen LogP contribution in [0.2, 0.25) is 0 Å². The molecule has 2 amide bonds. The van der Waals surface area contributed by atoms with Crippen molar-refractivity contribution < 1.29 is 9.59 Å². The van der Waals surface area contributed by atoms with Crippen LogP contribution in [0.25, 0.3) is 10.9 Å². The summed E-state index contributed by atoms with van der Waals surface area (Å²) in [6.07, 6.45) is 3.38. The third kappa shape index (κ3) is 7.43. The van der Waals surface area contributed by atoms with Gasteiger partial charge in [0.1, 0.15) is 5.82 Å². The van der Waals surface area contributed by atoms with E-state index < -0.39 is 0 Å². The minimum Gasteiger partial charge on any atom is -0.362 e. The molecule has 1 aliphatic carbocycles. The number of carbonyl (C=O) groups excluding carboxylic acids is 2. The number of carbonyl (C=O) groups is 2. The zero-order valence-electron chi connectivity index (χ0n) is 27.3. The van der Waals surface area contributed by atoms with E-state index in [2.05, 4.69) is 10.6 Å². The fourth-order valence-electron chi connectivity index (χ4n) is 6.39. The van der Waals surface area contributed by atoms with Crippen molar-refractivity contribution in [3.8, 4) is 0 Å². The summed E-state index contributed by atoms with van der Waals surface area (Å²) in [4.78, 5) is 41.4. The SMILES string of the molecule is C[C@@H](c1ccccc1)N(Cc1ccccc1)C(=O)c1ccccc1C(=O)NC1CCC(Nc2nc(N(C)C)c3ccccc3n2)CC1. The summed E-state index contributed by atoms with van der Waals surface area (Å²) in [5.74, 6) is 1.12. The van der Waals surface area contributed by atoms with Gasteiger partial charge in [-0.2, -0.15) is 4.98 Å². The number of fused-ring (bicyclic) bond motifs is 1. The summed E-state index contributed by atoms with van der Waals surface area (Å²) in [6.45, 7) is 2.47. The summed E-state index contributed by atoms with van der Waals surface area (Å²) in [7, 11) is 3.98. The van der Waals surface area contributed by atoms with Gasteiger partial charge in [0.25, 0.3) is 11.8 Å². The van der Waals surface area contributed by atoms with Gasteiger partial charge < -0.3 is 20.4 Å². The summed E-state index contributed by atoms with van der Waals surface area (Å²) < 4.78 is 0. The van der Waals surface area contributed by atoms with E-state index in [1.54, 1.807) is 12.1 Å². The Morgan fingerprint density at radius 3 is 2.04 bits per heavy atom. The summed E-state index contributed by atoms with van der Waals surface area (Å²) >= 11 is 0. The number of hydrogen-bond donors (Lipinski definition) is 2. The molecule has 1 heterocycles. The second-order valence-corrected chi connectivity index (χ2v) is 12.5. The van der Waals surface area contributed by atoms with Gasteiger partial charge in [-0.15, -0.1) is 0 Å². The molecule has 0 bridgehead atoms. The Balaban J connectivity index is 1.13. The zero-order valence-corrected chi connectivity index (χ0v) is 27.3. The maximum absolute atomic E-state index is 14.3. The van der Waals surface area contributed by atoms with E-state index in [0.717, 1.165) is 53.5 Å². The van der Waals surface area contributed by atoms with Crippen molar-refractivity contribution in [3.63, 3.8) is 0 Å². The van der Waals surface area contributed by atoms with E-state index in [1.807, 2.05) is 128 Å². The zero-order chi connectivity index (χ0) is 32.8. The van der Waals surface area contributed by atoms with Crippen LogP contribution in [0.4, 0.5) is 11.8 Å². The number of benzene rings is 4. The molecule has 1 atom stereocenters. The van der Waals surface area contributed by atoms with E-state index in [0.29, 0.717) is 23.6 Å². The standard InChI is InChI=1S/C39H42N6O2/c1-27(29-16-8-5-9-17-29)45(26-28-14-6-4-7-15-28)38(47)33-19-11-10-18-32(33)37(46)40-30-22-24-31(25-23-30)41-39-42-35-21-13-12-20-34(35)36(43-39)44(2)3/h4-21,27,30-31H,22-26H2,1-3H3,(H,40,46)(H,41,42,43)/t27-,30?,31?/m0/s1. The van der Waals surface area contributed by atoms with Crippen LogP contribution in [0.5, 0.6) is 0 Å². The number of nitrogens with zero attached hydrogens (tertiary/aromatic N) is 4. The molecule has 1 saturated carbocycles. The number of hydrogen-bond acceptors (Lipinski definition) is 6. The quantitative estimate of drug-likeness (QED) is 0.170. The number of nitrogens with one attached hydrogen (secondary N) is 2. The fourth-order valence-corrected chi connectivity index (χ4v) is 6.39. The van der Waals surface area contributed by atoms with Gasteiger partial charge in [0.15, 0.2) is 0 Å². The van der Waals surface area contributed by atoms with E-state index in [-0.39, 0.29) is 29.9 Å². The van der Waals surface area contributed by atoms with Crippen molar-refractivity contribution in [2.45, 2.75) is 57.3 Å². The van der Waals surface area contributed by atoms with Crippen molar-refractivity contribution in [1.29, 1.82) is 0 Å². The third-order valence-electron chi connectivity index (χ3n) is 9.01. The molecule has 0 unspecified atom stereocenters. The van der Waals surface area contributed by atoms with Crippen LogP contribution >= 0.6 is 0 Å². The lowest BCUT2D eigenvalue weighted by Gasteiger charge is -2.31. The Hall–Kier alpha value is -5.24. The highest BCUT2D eigenvalue weighted by Crippen LogP contribution is 2.28. The van der Waals surface area contributed by atoms with Crippen molar-refractivity contribution in [3.05, 3.63) is 131 Å². The van der Waals surface area contributed by atoms with Gasteiger partial charge in [-0.05, 0) is 68.0 Å². The van der Waals surface area contributed by atoms with E-state index >= 15 is 0 Å². The van der Waals surface area contributed by atoms with Gasteiger partial charge in [-0.25, -0.2) is 4.98 Å². The molecule has 1 fully saturated rings. The van der Waals surface area contributed by atoms with Gasteiger partial charge in [0, 0.05) is 38.1 Å². The first-order valence-corrected chi connectivity index (χ1v) is 16.4. The third-order valence-corrected chi connectivity index (χ3v) is 9.01. The van der Waals surface area contributed by atoms with Crippen molar-refractivity contribution in [2.75, 3.05) is 24.3 Å². The van der Waals surface area contributed by atoms with Crippen molar-refractivity contribution >= 4 is 34.5 Å². The van der Waals surface area contributed by atoms with E-state index in [1.165, 1.54) is 0 Å². The largest absolute Gasteiger partial charge is 0.362 e. The van der Waals surface area contributed by atoms with Crippen LogP contribution in [0.1, 0.15) is 70.5 Å². The Morgan fingerprint density at radius 1 is 0.745 bits per heavy atom. The van der Waals surface area contributed by atoms with Crippen LogP contribution in [0.3, 0.4) is 0 Å². The average molecular weight is 627 g/mol. The van der Waals surface area contributed by atoms with Gasteiger partial charge in [-0.3, -0.25) is 9.59 Å². The molecule has 47 heavy (non-hydrogen) atoms. The van der Waals surface area contributed by atoms with Crippen LogP contribution in [0, 0.1) is 0 Å². The van der Waals surface area contributed by atoms with Gasteiger partial charge >= 0.3 is 0 Å². The Labute approximate surface area is 276 Å². The topological polar surface area (TPSA) is 90.5 Å². The average Bonchev–Trinajstić information content (AvgIpc) is 3.11. The Bertz CT molecular complexity index is 1820. The minimum atomic E-state index is -0.217. The molecular weight excluding hydrogens is 584 g/mol. The number of aromatic nitrogens is 2. The van der Waals surface area contributed by atoms with Crippen LogP contribution in [-0.2, 0) is 6.54 Å². The monoisotopic (exact) mass is 626 g/mol. The molecule has 1 aromatic heterocycles. The molecule has 6 rings (SSSR count). The second kappa shape index (κ2) is 14.5. The van der Waals surface area contributed by atoms with Crippen LogP contribution in [-0.4, -0.2) is 52.9 Å². The first kappa shape index (κ1) is 31.7. The number of para-hydroxylation sites is 1. The highest BCUT2D eigenvalue weighted by Gasteiger charge is 2.29. The molecule has 4 aromatic carbocycles. The molecule has 0 aliphatic heterocycles. The molecule has 240 valence electrons. The maximum atomic E-state index is 14.3. The molecule has 8 heteroatoms. The molecular formula is C39H42N6O2. The smallest absolute Gasteiger partial charge is 0.255 e. The molecule has 1 aliphatic rings. The molecule has 0 spiro atoms. The lowest BCUT2D eigenvalue weighted by atomic mass is 9.91. The van der Waals surface area contributed by atoms with Crippen LogP contribution < -0.4 is 15.5 Å². The molecule has 5 aromatic rings. The number of amides is 2. The molecule has 0 saturated heterocycles. The summed E-state index contributed by atoms with van der Waals surface area (Å²) in [6, 6.07) is 35.2. The minimum absolute atomic E-state index is 0.0160. The molecule has 0 radical (unpaired) electrons. The van der Waals surface area contributed by atoms with Gasteiger partial charge in [-0.1, -0.05) is 84.9 Å². The van der Waals surface area contributed by atoms with Gasteiger partial charge in [0.05, 0.1) is 22.7 Å². The lowest BCUT2D eigenvalue weighted by Crippen LogP contribution is -2.41. The normalized spacial score (nSPS) is 16.7. The van der Waals surface area contributed by atoms with Crippen LogP contribution in [0.15, 0.2) is 109 Å². The predicted molar refractivity (Wildman–Crippen MR) is 189 cm³/mol. The molecule has 8 nitrogen and oxygen atoms in total. The second-order valence-electron chi connectivity index (χ2n) is 12.5. The highest BCUT2D eigenvalue weighted by atomic mass is 16.2. The summed E-state index contributed by atoms with van der Waals surface area (Å²) in [5.41, 5.74) is 3.78. The first-order chi connectivity index (χ1) is 22.9. The van der Waals surface area contributed by atoms with Crippen molar-refractivity contribution in [2.24, 2.45) is 0 Å². The van der Waals surface area contributed by atoms with Gasteiger partial charge in [0.2, 0.25) is 5.95 Å². The fraction of sp³-hybridized carbons (Fsp3) is 0.282. The van der Waals surface area contributed by atoms with E-state index in [9.17, 15) is 9.59 Å². The highest BCUT2D eigenvalue weighted by molar-refractivity contribution is 6.07. The Morgan fingerprint density at radius 2 is 1.34 bits per heavy atom. The van der Waals surface area contributed by atoms with E-state index in [4.69, 9.17) is 9.97 Å². The Kier molecular flexibility index (Phi) is 9.76. The lowest BCUT2D eigenvalue weighted by molar-refractivity contribution is 0.0668. The summed E-state index contributed by atoms with van der Waals surface area (Å²) in [5, 5.41) is 7.80.